The second-order valence-corrected chi connectivity index (χ2v) is 16.7. The Balaban J connectivity index is 0.000000189. The first kappa shape index (κ1) is 42.5. The highest BCUT2D eigenvalue weighted by Gasteiger charge is 2.26. The van der Waals surface area contributed by atoms with Gasteiger partial charge < -0.3 is 20.0 Å². The molecule has 0 saturated carbocycles. The molecule has 15 heteroatoms. The van der Waals surface area contributed by atoms with Crippen LogP contribution in [0.1, 0.15) is 83.5 Å². The average Bonchev–Trinajstić information content (AvgIpc) is 3.70. The van der Waals surface area contributed by atoms with Crippen LogP contribution in [0, 0.1) is 5.41 Å². The maximum atomic E-state index is 13.2. The molecule has 2 aliphatic heterocycles. The number of aromatic nitrogens is 6. The fraction of sp³-hybridized carbons (Fsp3) is 0.370. The topological polar surface area (TPSA) is 190 Å². The summed E-state index contributed by atoms with van der Waals surface area (Å²) in [5, 5.41) is 19.7. The van der Waals surface area contributed by atoms with E-state index in [0.717, 1.165) is 65.8 Å². The SMILES string of the molecule is CC(C)(C)CC(=O)N1CCCN(C(=O)c2cc(Cc3n[nH]c(=O)c4ccccc34)ccn2)CC1.O=C(c1cc(Cc2n[nH]c(=O)c3ccccc23)ccn1)N1CCCNCC1. The van der Waals surface area contributed by atoms with Crippen LogP contribution in [0.25, 0.3) is 21.5 Å². The van der Waals surface area contributed by atoms with E-state index in [0.29, 0.717) is 74.1 Å². The third-order valence-electron chi connectivity index (χ3n) is 10.8. The molecule has 2 aromatic carbocycles. The molecular formula is C46H52N10O5. The Morgan fingerprint density at radius 3 is 1.61 bits per heavy atom. The number of hydrogen-bond acceptors (Lipinski definition) is 10. The molecule has 3 amide bonds. The van der Waals surface area contributed by atoms with Gasteiger partial charge in [0.25, 0.3) is 22.9 Å². The summed E-state index contributed by atoms with van der Waals surface area (Å²) in [6.45, 7) is 11.6. The van der Waals surface area contributed by atoms with Crippen molar-refractivity contribution in [2.45, 2.75) is 52.9 Å². The molecular weight excluding hydrogens is 773 g/mol. The number of hydrogen-bond donors (Lipinski definition) is 3. The molecule has 15 nitrogen and oxygen atoms in total. The van der Waals surface area contributed by atoms with Crippen molar-refractivity contribution in [2.75, 3.05) is 52.4 Å². The Kier molecular flexibility index (Phi) is 13.4. The summed E-state index contributed by atoms with van der Waals surface area (Å²) in [6.07, 6.45) is 6.46. The van der Waals surface area contributed by atoms with Gasteiger partial charge in [-0.15, -0.1) is 0 Å². The highest BCUT2D eigenvalue weighted by Crippen LogP contribution is 2.22. The number of nitrogens with one attached hydrogen (secondary N) is 3. The lowest BCUT2D eigenvalue weighted by Gasteiger charge is -2.25. The zero-order valence-electron chi connectivity index (χ0n) is 34.9. The van der Waals surface area contributed by atoms with Crippen molar-refractivity contribution in [3.63, 3.8) is 0 Å². The molecule has 3 N–H and O–H groups in total. The highest BCUT2D eigenvalue weighted by molar-refractivity contribution is 5.93. The third-order valence-corrected chi connectivity index (χ3v) is 10.8. The van der Waals surface area contributed by atoms with Gasteiger partial charge in [0.15, 0.2) is 0 Å². The van der Waals surface area contributed by atoms with Crippen molar-refractivity contribution < 1.29 is 14.4 Å². The lowest BCUT2D eigenvalue weighted by Crippen LogP contribution is -2.38. The summed E-state index contributed by atoms with van der Waals surface area (Å²) in [5.41, 5.74) is 3.68. The molecule has 4 aromatic heterocycles. The van der Waals surface area contributed by atoms with Gasteiger partial charge >= 0.3 is 0 Å². The zero-order valence-corrected chi connectivity index (χ0v) is 34.9. The molecule has 2 aliphatic rings. The summed E-state index contributed by atoms with van der Waals surface area (Å²) in [4.78, 5) is 76.7. The minimum atomic E-state index is -0.221. The third kappa shape index (κ3) is 10.8. The maximum absolute atomic E-state index is 13.2. The number of fused-ring (bicyclic) bond motifs is 2. The van der Waals surface area contributed by atoms with Gasteiger partial charge in [0.1, 0.15) is 11.4 Å². The molecule has 0 spiro atoms. The molecule has 0 bridgehead atoms. The van der Waals surface area contributed by atoms with E-state index in [1.165, 1.54) is 0 Å². The zero-order chi connectivity index (χ0) is 42.9. The van der Waals surface area contributed by atoms with E-state index >= 15 is 0 Å². The number of pyridine rings is 2. The van der Waals surface area contributed by atoms with Crippen LogP contribution in [0.15, 0.2) is 94.8 Å². The van der Waals surface area contributed by atoms with E-state index in [9.17, 15) is 24.0 Å². The van der Waals surface area contributed by atoms with Crippen LogP contribution in [0.3, 0.4) is 0 Å². The molecule has 316 valence electrons. The molecule has 6 aromatic rings. The first-order valence-electron chi connectivity index (χ1n) is 20.8. The monoisotopic (exact) mass is 824 g/mol. The number of aromatic amines is 2. The highest BCUT2D eigenvalue weighted by atomic mass is 16.2. The van der Waals surface area contributed by atoms with Gasteiger partial charge in [0.2, 0.25) is 5.91 Å². The van der Waals surface area contributed by atoms with E-state index < -0.39 is 0 Å². The number of rotatable bonds is 7. The van der Waals surface area contributed by atoms with Crippen molar-refractivity contribution in [3.8, 4) is 0 Å². The van der Waals surface area contributed by atoms with E-state index in [2.05, 4.69) is 56.5 Å². The Morgan fingerprint density at radius 1 is 0.590 bits per heavy atom. The second-order valence-electron chi connectivity index (χ2n) is 16.7. The number of carbonyl (C=O) groups excluding carboxylic acids is 3. The fourth-order valence-corrected chi connectivity index (χ4v) is 7.71. The van der Waals surface area contributed by atoms with Gasteiger partial charge in [-0.05, 0) is 72.3 Å². The standard InChI is InChI=1S/C26H31N5O3.C20H21N5O2/c1-26(2,3)17-23(32)30-11-6-12-31(14-13-30)25(34)22-16-18(9-10-27-22)15-21-19-7-4-5-8-20(19)24(33)29-28-21;26-19-16-5-2-1-4-15(16)17(23-24-19)12-14-6-8-22-18(13-14)20(27)25-10-3-7-21-9-11-25/h4-5,7-10,16H,6,11-15,17H2,1-3H3,(H,29,33);1-2,4-6,8,13,21H,3,7,9-12H2,(H,24,26). The number of amides is 3. The minimum Gasteiger partial charge on any atom is -0.341 e. The summed E-state index contributed by atoms with van der Waals surface area (Å²) in [7, 11) is 0. The van der Waals surface area contributed by atoms with Crippen LogP contribution in [0.5, 0.6) is 0 Å². The summed E-state index contributed by atoms with van der Waals surface area (Å²) in [6, 6.07) is 22.1. The van der Waals surface area contributed by atoms with Gasteiger partial charge in [-0.25, -0.2) is 10.2 Å². The molecule has 0 aliphatic carbocycles. The van der Waals surface area contributed by atoms with Crippen molar-refractivity contribution in [3.05, 3.63) is 140 Å². The van der Waals surface area contributed by atoms with Crippen molar-refractivity contribution in [1.82, 2.24) is 50.4 Å². The first-order valence-corrected chi connectivity index (χ1v) is 20.8. The maximum Gasteiger partial charge on any atom is 0.272 e. The Labute approximate surface area is 353 Å². The van der Waals surface area contributed by atoms with Crippen molar-refractivity contribution in [2.24, 2.45) is 5.41 Å². The molecule has 0 atom stereocenters. The van der Waals surface area contributed by atoms with Gasteiger partial charge in [0, 0.05) is 88.2 Å². The van der Waals surface area contributed by atoms with Crippen molar-refractivity contribution in [1.29, 1.82) is 0 Å². The predicted molar refractivity (Wildman–Crippen MR) is 233 cm³/mol. The van der Waals surface area contributed by atoms with Crippen LogP contribution in [0.2, 0.25) is 0 Å². The first-order chi connectivity index (χ1) is 29.4. The smallest absolute Gasteiger partial charge is 0.272 e. The van der Waals surface area contributed by atoms with Gasteiger partial charge in [-0.3, -0.25) is 33.9 Å². The van der Waals surface area contributed by atoms with E-state index in [1.54, 1.807) is 35.5 Å². The fourth-order valence-electron chi connectivity index (χ4n) is 7.71. The quantitative estimate of drug-likeness (QED) is 0.209. The molecule has 2 saturated heterocycles. The van der Waals surface area contributed by atoms with Crippen LogP contribution in [0.4, 0.5) is 0 Å². The van der Waals surface area contributed by atoms with Crippen molar-refractivity contribution >= 4 is 39.3 Å². The lowest BCUT2D eigenvalue weighted by atomic mass is 9.91. The van der Waals surface area contributed by atoms with Gasteiger partial charge in [0.05, 0.1) is 22.2 Å². The molecule has 0 unspecified atom stereocenters. The Morgan fingerprint density at radius 2 is 1.07 bits per heavy atom. The molecule has 8 rings (SSSR count). The van der Waals surface area contributed by atoms with Crippen LogP contribution in [-0.2, 0) is 17.6 Å². The minimum absolute atomic E-state index is 0.0418. The lowest BCUT2D eigenvalue weighted by molar-refractivity contribution is -0.132. The van der Waals surface area contributed by atoms with Gasteiger partial charge in [-0.2, -0.15) is 10.2 Å². The molecule has 0 radical (unpaired) electrons. The van der Waals surface area contributed by atoms with Crippen LogP contribution in [-0.4, -0.2) is 115 Å². The number of H-pyrrole nitrogens is 2. The molecule has 2 fully saturated rings. The Bertz CT molecular complexity index is 2640. The number of benzene rings is 2. The summed E-state index contributed by atoms with van der Waals surface area (Å²) in [5.74, 6) is -0.0337. The van der Waals surface area contributed by atoms with Crippen LogP contribution >= 0.6 is 0 Å². The van der Waals surface area contributed by atoms with E-state index in [1.807, 2.05) is 64.4 Å². The average molecular weight is 825 g/mol. The molecule has 61 heavy (non-hydrogen) atoms. The summed E-state index contributed by atoms with van der Waals surface area (Å²) < 4.78 is 0. The Hall–Kier alpha value is -6.61. The molecule has 6 heterocycles. The normalized spacial score (nSPS) is 14.8. The predicted octanol–water partition coefficient (Wildman–Crippen LogP) is 4.36. The largest absolute Gasteiger partial charge is 0.341 e. The van der Waals surface area contributed by atoms with E-state index in [4.69, 9.17) is 0 Å². The van der Waals surface area contributed by atoms with E-state index in [-0.39, 0.29) is 34.3 Å². The number of nitrogens with zero attached hydrogens (tertiary/aromatic N) is 7. The van der Waals surface area contributed by atoms with Crippen LogP contribution < -0.4 is 16.4 Å². The van der Waals surface area contributed by atoms with Gasteiger partial charge in [-0.1, -0.05) is 57.2 Å². The number of carbonyl (C=O) groups is 3. The second kappa shape index (κ2) is 19.2. The summed E-state index contributed by atoms with van der Waals surface area (Å²) >= 11 is 0.